The number of β-amino-alcohol motifs (C(OH)–C–C–N with tert-alkyl or cyclic N) is 1. The summed E-state index contributed by atoms with van der Waals surface area (Å²) in [5, 5.41) is 17.1. The van der Waals surface area contributed by atoms with Crippen molar-refractivity contribution in [1.29, 1.82) is 0 Å². The molecule has 0 radical (unpaired) electrons. The first-order valence-electron chi connectivity index (χ1n) is 8.63. The van der Waals surface area contributed by atoms with E-state index in [-0.39, 0.29) is 0 Å². The fourth-order valence-corrected chi connectivity index (χ4v) is 3.03. The van der Waals surface area contributed by atoms with Gasteiger partial charge in [0, 0.05) is 19.6 Å². The standard InChI is InChI=1S/C20H26N2O2/c23-20(10-5-11-21-15-20)16-22-13-18-8-4-9-19(12-18)24-14-17-6-2-1-3-7-17/h1-4,6-9,12,21-23H,5,10-11,13-16H2/t20-/m0/s1. The quantitative estimate of drug-likeness (QED) is 0.732. The van der Waals surface area contributed by atoms with Gasteiger partial charge in [-0.2, -0.15) is 0 Å². The van der Waals surface area contributed by atoms with Gasteiger partial charge in [-0.25, -0.2) is 0 Å². The molecule has 128 valence electrons. The highest BCUT2D eigenvalue weighted by molar-refractivity contribution is 5.29. The molecule has 1 saturated heterocycles. The third kappa shape index (κ3) is 5.06. The average Bonchev–Trinajstić information content (AvgIpc) is 2.62. The summed E-state index contributed by atoms with van der Waals surface area (Å²) in [6.07, 6.45) is 1.88. The van der Waals surface area contributed by atoms with Crippen LogP contribution in [0.15, 0.2) is 54.6 Å². The fourth-order valence-electron chi connectivity index (χ4n) is 3.03. The van der Waals surface area contributed by atoms with Gasteiger partial charge in [0.25, 0.3) is 0 Å². The summed E-state index contributed by atoms with van der Waals surface area (Å²) in [6, 6.07) is 18.3. The van der Waals surface area contributed by atoms with E-state index in [9.17, 15) is 5.11 Å². The highest BCUT2D eigenvalue weighted by Crippen LogP contribution is 2.17. The number of hydrogen-bond donors (Lipinski definition) is 3. The predicted octanol–water partition coefficient (Wildman–Crippen LogP) is 2.47. The maximum atomic E-state index is 10.5. The zero-order valence-electron chi connectivity index (χ0n) is 14.0. The van der Waals surface area contributed by atoms with Gasteiger partial charge in [-0.05, 0) is 42.6 Å². The molecule has 3 rings (SSSR count). The van der Waals surface area contributed by atoms with E-state index < -0.39 is 5.60 Å². The molecule has 4 nitrogen and oxygen atoms in total. The first kappa shape index (κ1) is 17.0. The summed E-state index contributed by atoms with van der Waals surface area (Å²) >= 11 is 0. The zero-order chi connectivity index (χ0) is 16.7. The molecule has 0 amide bonds. The monoisotopic (exact) mass is 326 g/mol. The Balaban J connectivity index is 1.48. The third-order valence-electron chi connectivity index (χ3n) is 4.38. The van der Waals surface area contributed by atoms with E-state index in [0.717, 1.165) is 42.8 Å². The van der Waals surface area contributed by atoms with Crippen molar-refractivity contribution in [2.45, 2.75) is 31.6 Å². The van der Waals surface area contributed by atoms with Crippen molar-refractivity contribution >= 4 is 0 Å². The molecule has 1 aliphatic rings. The highest BCUT2D eigenvalue weighted by atomic mass is 16.5. The van der Waals surface area contributed by atoms with Crippen LogP contribution >= 0.6 is 0 Å². The number of benzene rings is 2. The van der Waals surface area contributed by atoms with Crippen LogP contribution in [0.1, 0.15) is 24.0 Å². The van der Waals surface area contributed by atoms with Crippen molar-refractivity contribution in [2.24, 2.45) is 0 Å². The van der Waals surface area contributed by atoms with Crippen molar-refractivity contribution in [3.63, 3.8) is 0 Å². The largest absolute Gasteiger partial charge is 0.489 e. The Morgan fingerprint density at radius 2 is 1.92 bits per heavy atom. The molecular weight excluding hydrogens is 300 g/mol. The predicted molar refractivity (Wildman–Crippen MR) is 96.0 cm³/mol. The first-order chi connectivity index (χ1) is 11.7. The Morgan fingerprint density at radius 1 is 1.08 bits per heavy atom. The molecule has 4 heteroatoms. The lowest BCUT2D eigenvalue weighted by molar-refractivity contribution is 0.0169. The van der Waals surface area contributed by atoms with Crippen molar-refractivity contribution in [3.8, 4) is 5.75 Å². The van der Waals surface area contributed by atoms with E-state index in [2.05, 4.69) is 34.9 Å². The average molecular weight is 326 g/mol. The second-order valence-corrected chi connectivity index (χ2v) is 6.53. The summed E-state index contributed by atoms with van der Waals surface area (Å²) in [5.41, 5.74) is 1.70. The third-order valence-corrected chi connectivity index (χ3v) is 4.38. The lowest BCUT2D eigenvalue weighted by Crippen LogP contribution is -2.51. The van der Waals surface area contributed by atoms with E-state index in [1.165, 1.54) is 0 Å². The molecule has 2 aromatic carbocycles. The van der Waals surface area contributed by atoms with Crippen LogP contribution in [0.4, 0.5) is 0 Å². The van der Waals surface area contributed by atoms with Crippen LogP contribution in [-0.4, -0.2) is 30.3 Å². The summed E-state index contributed by atoms with van der Waals surface area (Å²) in [5.74, 6) is 0.871. The Morgan fingerprint density at radius 3 is 2.71 bits per heavy atom. The van der Waals surface area contributed by atoms with Gasteiger partial charge in [0.05, 0.1) is 5.60 Å². The van der Waals surface area contributed by atoms with Crippen LogP contribution in [0.3, 0.4) is 0 Å². The first-order valence-corrected chi connectivity index (χ1v) is 8.63. The van der Waals surface area contributed by atoms with Crippen molar-refractivity contribution in [3.05, 3.63) is 65.7 Å². The molecule has 3 N–H and O–H groups in total. The SMILES string of the molecule is O[C@@]1(CNCc2cccc(OCc3ccccc3)c2)CCCNC1. The van der Waals surface area contributed by atoms with Crippen LogP contribution < -0.4 is 15.4 Å². The molecule has 24 heavy (non-hydrogen) atoms. The fraction of sp³-hybridized carbons (Fsp3) is 0.400. The van der Waals surface area contributed by atoms with Gasteiger partial charge in [0.2, 0.25) is 0 Å². The van der Waals surface area contributed by atoms with Gasteiger partial charge in [-0.15, -0.1) is 0 Å². The lowest BCUT2D eigenvalue weighted by Gasteiger charge is -2.32. The summed E-state index contributed by atoms with van der Waals surface area (Å²) in [6.45, 7) is 3.58. The lowest BCUT2D eigenvalue weighted by atomic mass is 9.94. The molecule has 0 unspecified atom stereocenters. The van der Waals surface area contributed by atoms with Gasteiger partial charge in [0.15, 0.2) is 0 Å². The number of piperidine rings is 1. The molecular formula is C20H26N2O2. The molecule has 0 bridgehead atoms. The van der Waals surface area contributed by atoms with Gasteiger partial charge < -0.3 is 20.5 Å². The molecule has 1 fully saturated rings. The van der Waals surface area contributed by atoms with Crippen LogP contribution in [-0.2, 0) is 13.2 Å². The van der Waals surface area contributed by atoms with Crippen molar-refractivity contribution < 1.29 is 9.84 Å². The van der Waals surface area contributed by atoms with E-state index >= 15 is 0 Å². The Bertz CT molecular complexity index is 625. The number of aliphatic hydroxyl groups is 1. The van der Waals surface area contributed by atoms with E-state index in [1.54, 1.807) is 0 Å². The minimum absolute atomic E-state index is 0.573. The smallest absolute Gasteiger partial charge is 0.120 e. The molecule has 1 aliphatic heterocycles. The number of nitrogens with one attached hydrogen (secondary N) is 2. The molecule has 0 spiro atoms. The normalized spacial score (nSPS) is 20.7. The van der Waals surface area contributed by atoms with E-state index in [4.69, 9.17) is 4.74 Å². The van der Waals surface area contributed by atoms with Crippen LogP contribution in [0.5, 0.6) is 5.75 Å². The maximum Gasteiger partial charge on any atom is 0.120 e. The molecule has 0 aliphatic carbocycles. The number of ether oxygens (including phenoxy) is 1. The zero-order valence-corrected chi connectivity index (χ0v) is 14.0. The summed E-state index contributed by atoms with van der Waals surface area (Å²) in [7, 11) is 0. The summed E-state index contributed by atoms with van der Waals surface area (Å²) in [4.78, 5) is 0. The Hall–Kier alpha value is -1.88. The second kappa shape index (κ2) is 8.29. The molecule has 2 aromatic rings. The Labute approximate surface area is 143 Å². The van der Waals surface area contributed by atoms with Crippen molar-refractivity contribution in [2.75, 3.05) is 19.6 Å². The summed E-state index contributed by atoms with van der Waals surface area (Å²) < 4.78 is 5.86. The minimum atomic E-state index is -0.625. The van der Waals surface area contributed by atoms with Gasteiger partial charge in [0.1, 0.15) is 12.4 Å². The molecule has 1 atom stereocenters. The minimum Gasteiger partial charge on any atom is -0.489 e. The van der Waals surface area contributed by atoms with Gasteiger partial charge in [-0.1, -0.05) is 42.5 Å². The molecule has 0 saturated carbocycles. The van der Waals surface area contributed by atoms with E-state index in [1.807, 2.05) is 30.3 Å². The van der Waals surface area contributed by atoms with Crippen molar-refractivity contribution in [1.82, 2.24) is 10.6 Å². The van der Waals surface area contributed by atoms with Crippen LogP contribution in [0, 0.1) is 0 Å². The number of rotatable bonds is 7. The highest BCUT2D eigenvalue weighted by Gasteiger charge is 2.28. The topological polar surface area (TPSA) is 53.5 Å². The van der Waals surface area contributed by atoms with Crippen LogP contribution in [0.25, 0.3) is 0 Å². The second-order valence-electron chi connectivity index (χ2n) is 6.53. The van der Waals surface area contributed by atoms with Gasteiger partial charge in [-0.3, -0.25) is 0 Å². The van der Waals surface area contributed by atoms with E-state index in [0.29, 0.717) is 19.7 Å². The van der Waals surface area contributed by atoms with Gasteiger partial charge >= 0.3 is 0 Å². The Kier molecular flexibility index (Phi) is 5.86. The number of hydrogen-bond acceptors (Lipinski definition) is 4. The molecule has 0 aromatic heterocycles. The molecule has 1 heterocycles. The maximum absolute atomic E-state index is 10.5. The van der Waals surface area contributed by atoms with Crippen LogP contribution in [0.2, 0.25) is 0 Å².